The molecule has 0 aliphatic carbocycles. The maximum Gasteiger partial charge on any atom is 0.418 e. The number of carbonyl (C=O) groups excluding carboxylic acids is 2. The number of Topliss-reactive ketones (excluding diaryl/α,β-unsaturated/α-hetero) is 1. The van der Waals surface area contributed by atoms with E-state index in [2.05, 4.69) is 25.3 Å². The van der Waals surface area contributed by atoms with E-state index in [1.165, 1.54) is 18.6 Å². The van der Waals surface area contributed by atoms with E-state index in [-0.39, 0.29) is 40.3 Å². The number of nitrogens with zero attached hydrogens (tertiary/aromatic N) is 4. The lowest BCUT2D eigenvalue weighted by Gasteiger charge is -2.10. The van der Waals surface area contributed by atoms with Gasteiger partial charge in [0.15, 0.2) is 5.78 Å². The van der Waals surface area contributed by atoms with Gasteiger partial charge in [-0.05, 0) is 6.07 Å². The molecule has 3 aromatic rings. The summed E-state index contributed by atoms with van der Waals surface area (Å²) in [4.78, 5) is 40.3. The van der Waals surface area contributed by atoms with Crippen LogP contribution < -0.4 is 11.1 Å². The molecule has 0 bridgehead atoms. The lowest BCUT2D eigenvalue weighted by Crippen LogP contribution is -2.13. The van der Waals surface area contributed by atoms with Crippen molar-refractivity contribution in [2.24, 2.45) is 0 Å². The SMILES string of the molecule is C[C@@H](CC(=O)c1cc(N)ncn1)c1ncc(C(=O)Nc2cc(C(F)(F)F)c(Cl)cn2)s1. The van der Waals surface area contributed by atoms with Crippen LogP contribution in [0.2, 0.25) is 5.02 Å². The summed E-state index contributed by atoms with van der Waals surface area (Å²) in [5.74, 6) is -1.42. The largest absolute Gasteiger partial charge is 0.418 e. The molecule has 3 aromatic heterocycles. The first-order valence-electron chi connectivity index (χ1n) is 8.65. The molecule has 0 saturated carbocycles. The van der Waals surface area contributed by atoms with Crippen molar-refractivity contribution in [3.63, 3.8) is 0 Å². The number of ketones is 1. The monoisotopic (exact) mass is 470 g/mol. The van der Waals surface area contributed by atoms with Crippen molar-refractivity contribution < 1.29 is 22.8 Å². The molecule has 3 N–H and O–H groups in total. The van der Waals surface area contributed by atoms with Gasteiger partial charge >= 0.3 is 6.18 Å². The highest BCUT2D eigenvalue weighted by Crippen LogP contribution is 2.35. The highest BCUT2D eigenvalue weighted by Gasteiger charge is 2.34. The summed E-state index contributed by atoms with van der Waals surface area (Å²) in [5.41, 5.74) is 4.61. The molecule has 0 radical (unpaired) electrons. The molecule has 31 heavy (non-hydrogen) atoms. The van der Waals surface area contributed by atoms with Crippen molar-refractivity contribution in [1.82, 2.24) is 19.9 Å². The number of pyridine rings is 1. The molecule has 0 saturated heterocycles. The van der Waals surface area contributed by atoms with Crippen LogP contribution in [0.15, 0.2) is 30.9 Å². The quantitative estimate of drug-likeness (QED) is 0.517. The molecule has 0 aliphatic heterocycles. The van der Waals surface area contributed by atoms with Crippen molar-refractivity contribution >= 4 is 46.3 Å². The van der Waals surface area contributed by atoms with Crippen LogP contribution in [0.5, 0.6) is 0 Å². The average Bonchev–Trinajstić information content (AvgIpc) is 3.19. The Hall–Kier alpha value is -3.12. The number of nitrogen functional groups attached to an aromatic ring is 1. The molecule has 0 aliphatic rings. The third kappa shape index (κ3) is 5.52. The zero-order valence-corrected chi connectivity index (χ0v) is 17.3. The molecule has 0 unspecified atom stereocenters. The van der Waals surface area contributed by atoms with Crippen molar-refractivity contribution in [3.8, 4) is 0 Å². The minimum Gasteiger partial charge on any atom is -0.384 e. The fourth-order valence-electron chi connectivity index (χ4n) is 2.52. The van der Waals surface area contributed by atoms with Crippen LogP contribution in [0.25, 0.3) is 0 Å². The van der Waals surface area contributed by atoms with E-state index >= 15 is 0 Å². The van der Waals surface area contributed by atoms with Crippen LogP contribution in [0.1, 0.15) is 50.0 Å². The number of thiazole rings is 1. The van der Waals surface area contributed by atoms with Crippen molar-refractivity contribution in [2.45, 2.75) is 25.4 Å². The highest BCUT2D eigenvalue weighted by molar-refractivity contribution is 7.13. The van der Waals surface area contributed by atoms with Crippen LogP contribution in [0, 0.1) is 0 Å². The number of halogens is 4. The Morgan fingerprint density at radius 1 is 1.19 bits per heavy atom. The van der Waals surface area contributed by atoms with Crippen molar-refractivity contribution in [1.29, 1.82) is 0 Å². The molecule has 162 valence electrons. The number of nitrogens with one attached hydrogen (secondary N) is 1. The lowest BCUT2D eigenvalue weighted by atomic mass is 10.0. The number of alkyl halides is 3. The molecule has 0 fully saturated rings. The smallest absolute Gasteiger partial charge is 0.384 e. The van der Waals surface area contributed by atoms with E-state index in [0.29, 0.717) is 11.1 Å². The highest BCUT2D eigenvalue weighted by atomic mass is 35.5. The number of anilines is 2. The first-order chi connectivity index (χ1) is 14.5. The number of carbonyl (C=O) groups is 2. The Morgan fingerprint density at radius 2 is 1.94 bits per heavy atom. The van der Waals surface area contributed by atoms with Gasteiger partial charge in [0.05, 0.1) is 21.8 Å². The number of rotatable bonds is 6. The number of aromatic nitrogens is 4. The van der Waals surface area contributed by atoms with E-state index in [4.69, 9.17) is 17.3 Å². The topological polar surface area (TPSA) is 124 Å². The Kier molecular flexibility index (Phi) is 6.51. The zero-order valence-electron chi connectivity index (χ0n) is 15.8. The molecule has 3 heterocycles. The summed E-state index contributed by atoms with van der Waals surface area (Å²) in [6, 6.07) is 2.01. The fourth-order valence-corrected chi connectivity index (χ4v) is 3.59. The number of amides is 1. The average molecular weight is 471 g/mol. The fraction of sp³-hybridized carbons (Fsp3) is 0.222. The normalized spacial score (nSPS) is 12.4. The Morgan fingerprint density at radius 3 is 2.61 bits per heavy atom. The number of hydrogen-bond acceptors (Lipinski definition) is 8. The van der Waals surface area contributed by atoms with E-state index in [1.807, 2.05) is 0 Å². The first kappa shape index (κ1) is 22.6. The van der Waals surface area contributed by atoms with E-state index in [1.54, 1.807) is 6.92 Å². The summed E-state index contributed by atoms with van der Waals surface area (Å²) in [5, 5.41) is 2.21. The van der Waals surface area contributed by atoms with Gasteiger partial charge in [-0.15, -0.1) is 11.3 Å². The third-order valence-corrected chi connectivity index (χ3v) is 5.57. The van der Waals surface area contributed by atoms with Gasteiger partial charge in [0.1, 0.15) is 28.5 Å². The molecule has 0 aromatic carbocycles. The molecule has 13 heteroatoms. The molecule has 0 spiro atoms. The van der Waals surface area contributed by atoms with Crippen molar-refractivity contribution in [2.75, 3.05) is 11.1 Å². The third-order valence-electron chi connectivity index (χ3n) is 4.04. The summed E-state index contributed by atoms with van der Waals surface area (Å²) in [6.45, 7) is 1.75. The van der Waals surface area contributed by atoms with Crippen LogP contribution in [-0.2, 0) is 6.18 Å². The molecular formula is C18H14ClF3N6O2S. The lowest BCUT2D eigenvalue weighted by molar-refractivity contribution is -0.137. The van der Waals surface area contributed by atoms with E-state index in [0.717, 1.165) is 17.5 Å². The van der Waals surface area contributed by atoms with Crippen LogP contribution >= 0.6 is 22.9 Å². The standard InChI is InChI=1S/C18H14ClF3N6O2S/c1-8(2-12(29)11-4-14(23)27-7-26-11)17-25-6-13(31-17)16(30)28-15-3-9(18(20,21)22)10(19)5-24-15/h3-8H,2H2,1H3,(H2,23,26,27)(H,24,28,30)/t8-/m0/s1. The number of hydrogen-bond donors (Lipinski definition) is 2. The Labute approximate surface area is 182 Å². The maximum atomic E-state index is 13.0. The molecular weight excluding hydrogens is 457 g/mol. The second kappa shape index (κ2) is 8.94. The molecule has 1 amide bonds. The van der Waals surface area contributed by atoms with Gasteiger partial charge in [-0.3, -0.25) is 9.59 Å². The van der Waals surface area contributed by atoms with E-state index < -0.39 is 22.7 Å². The Bertz CT molecular complexity index is 1140. The van der Waals surface area contributed by atoms with Gasteiger partial charge in [0, 0.05) is 24.6 Å². The summed E-state index contributed by atoms with van der Waals surface area (Å²) in [6.07, 6.45) is -1.34. The second-order valence-electron chi connectivity index (χ2n) is 6.42. The molecule has 1 atom stereocenters. The molecule has 3 rings (SSSR count). The van der Waals surface area contributed by atoms with Crippen LogP contribution in [0.3, 0.4) is 0 Å². The number of nitrogens with two attached hydrogens (primary N) is 1. The summed E-state index contributed by atoms with van der Waals surface area (Å²) >= 11 is 6.53. The van der Waals surface area contributed by atoms with E-state index in [9.17, 15) is 22.8 Å². The van der Waals surface area contributed by atoms with Crippen LogP contribution in [-0.4, -0.2) is 31.6 Å². The first-order valence-corrected chi connectivity index (χ1v) is 9.84. The minimum absolute atomic E-state index is 0.0682. The minimum atomic E-state index is -4.69. The summed E-state index contributed by atoms with van der Waals surface area (Å²) < 4.78 is 38.9. The van der Waals surface area contributed by atoms with Gasteiger partial charge in [-0.2, -0.15) is 13.2 Å². The predicted molar refractivity (Wildman–Crippen MR) is 108 cm³/mol. The zero-order chi connectivity index (χ0) is 22.8. The predicted octanol–water partition coefficient (Wildman–Crippen LogP) is 4.21. The van der Waals surface area contributed by atoms with Gasteiger partial charge < -0.3 is 11.1 Å². The molecule has 8 nitrogen and oxygen atoms in total. The second-order valence-corrected chi connectivity index (χ2v) is 7.89. The van der Waals surface area contributed by atoms with Gasteiger partial charge in [-0.25, -0.2) is 19.9 Å². The van der Waals surface area contributed by atoms with Gasteiger partial charge in [0.25, 0.3) is 5.91 Å². The van der Waals surface area contributed by atoms with Crippen molar-refractivity contribution in [3.05, 3.63) is 57.0 Å². The summed E-state index contributed by atoms with van der Waals surface area (Å²) in [7, 11) is 0. The van der Waals surface area contributed by atoms with Crippen LogP contribution in [0.4, 0.5) is 24.8 Å². The Balaban J connectivity index is 1.69. The van der Waals surface area contributed by atoms with Gasteiger partial charge in [0.2, 0.25) is 0 Å². The van der Waals surface area contributed by atoms with Gasteiger partial charge in [-0.1, -0.05) is 18.5 Å². The maximum absolute atomic E-state index is 13.0.